The summed E-state index contributed by atoms with van der Waals surface area (Å²) in [6.07, 6.45) is 0. The minimum absolute atomic E-state index is 0.333. The third-order valence-corrected chi connectivity index (χ3v) is 15.4. The molecule has 4 heterocycles. The number of nitrogens with zero attached hydrogens (tertiary/aromatic N) is 2. The van der Waals surface area contributed by atoms with Crippen molar-refractivity contribution >= 4 is 107 Å². The van der Waals surface area contributed by atoms with Crippen molar-refractivity contribution in [2.45, 2.75) is 13.8 Å². The normalized spacial score (nSPS) is 12.2. The Morgan fingerprint density at radius 1 is 0.355 bits per heavy atom. The highest BCUT2D eigenvalue weighted by Gasteiger charge is 2.31. The molecular formula is C56H34F2N2S2. The van der Waals surface area contributed by atoms with Gasteiger partial charge < -0.3 is 9.13 Å². The van der Waals surface area contributed by atoms with Crippen LogP contribution in [0.5, 0.6) is 0 Å². The topological polar surface area (TPSA) is 9.86 Å². The van der Waals surface area contributed by atoms with Crippen LogP contribution in [0.25, 0.3) is 118 Å². The zero-order chi connectivity index (χ0) is 41.4. The fourth-order valence-electron chi connectivity index (χ4n) is 10.5. The second-order valence-corrected chi connectivity index (χ2v) is 18.3. The van der Waals surface area contributed by atoms with Gasteiger partial charge in [-0.1, -0.05) is 121 Å². The monoisotopic (exact) mass is 836 g/mol. The lowest BCUT2D eigenvalue weighted by atomic mass is 9.86. The summed E-state index contributed by atoms with van der Waals surface area (Å²) in [6.45, 7) is 4.20. The zero-order valence-electron chi connectivity index (χ0n) is 33.6. The first-order valence-electron chi connectivity index (χ1n) is 20.8. The SMILES string of the molecule is Cc1c(-c2ccccc2F)c(-n2c3ccccc3c3c4sc5ccccc5c4ccc32)c(C)c(-n2c3ccccc3c3c4sc5ccccc5c4ccc32)c1-c1ccccc1F. The fourth-order valence-corrected chi connectivity index (χ4v) is 13.0. The molecule has 62 heavy (non-hydrogen) atoms. The van der Waals surface area contributed by atoms with E-state index in [1.54, 1.807) is 12.1 Å². The van der Waals surface area contributed by atoms with Gasteiger partial charge in [0, 0.05) is 84.1 Å². The smallest absolute Gasteiger partial charge is 0.131 e. The maximum atomic E-state index is 16.7. The zero-order valence-corrected chi connectivity index (χ0v) is 35.3. The summed E-state index contributed by atoms with van der Waals surface area (Å²) in [5.74, 6) is -0.666. The number of fused-ring (bicyclic) bond motifs is 14. The van der Waals surface area contributed by atoms with Crippen molar-refractivity contribution in [2.75, 3.05) is 0 Å². The van der Waals surface area contributed by atoms with Gasteiger partial charge >= 0.3 is 0 Å². The maximum absolute atomic E-state index is 16.7. The quantitative estimate of drug-likeness (QED) is 0.167. The number of benzene rings is 9. The number of hydrogen-bond acceptors (Lipinski definition) is 2. The molecule has 13 rings (SSSR count). The minimum atomic E-state index is -0.333. The van der Waals surface area contributed by atoms with Crippen molar-refractivity contribution in [1.29, 1.82) is 0 Å². The fraction of sp³-hybridized carbons (Fsp3) is 0.0357. The predicted molar refractivity (Wildman–Crippen MR) is 261 cm³/mol. The molecule has 0 bridgehead atoms. The van der Waals surface area contributed by atoms with Gasteiger partial charge in [0.2, 0.25) is 0 Å². The number of thiophene rings is 2. The molecule has 4 aromatic heterocycles. The van der Waals surface area contributed by atoms with Gasteiger partial charge in [-0.3, -0.25) is 0 Å². The molecule has 13 aromatic rings. The lowest BCUT2D eigenvalue weighted by Crippen LogP contribution is -2.11. The van der Waals surface area contributed by atoms with Crippen LogP contribution < -0.4 is 0 Å². The van der Waals surface area contributed by atoms with Gasteiger partial charge in [0.05, 0.1) is 33.4 Å². The summed E-state index contributed by atoms with van der Waals surface area (Å²) in [6, 6.07) is 57.4. The molecule has 0 aliphatic rings. The van der Waals surface area contributed by atoms with Crippen LogP contribution in [-0.4, -0.2) is 9.13 Å². The minimum Gasteiger partial charge on any atom is -0.308 e. The molecule has 0 fully saturated rings. The van der Waals surface area contributed by atoms with Crippen molar-refractivity contribution in [1.82, 2.24) is 9.13 Å². The van der Waals surface area contributed by atoms with E-state index in [4.69, 9.17) is 0 Å². The van der Waals surface area contributed by atoms with Gasteiger partial charge in [-0.25, -0.2) is 8.78 Å². The molecule has 9 aromatic carbocycles. The Kier molecular flexibility index (Phi) is 7.58. The molecule has 0 atom stereocenters. The van der Waals surface area contributed by atoms with E-state index in [0.29, 0.717) is 11.1 Å². The molecule has 0 spiro atoms. The second-order valence-electron chi connectivity index (χ2n) is 16.2. The van der Waals surface area contributed by atoms with Gasteiger partial charge in [-0.05, 0) is 73.5 Å². The first-order valence-corrected chi connectivity index (χ1v) is 22.5. The van der Waals surface area contributed by atoms with Crippen LogP contribution in [-0.2, 0) is 0 Å². The van der Waals surface area contributed by atoms with Crippen molar-refractivity contribution in [2.24, 2.45) is 0 Å². The van der Waals surface area contributed by atoms with Crippen molar-refractivity contribution in [3.8, 4) is 33.6 Å². The van der Waals surface area contributed by atoms with E-state index in [0.717, 1.165) is 66.5 Å². The van der Waals surface area contributed by atoms with Gasteiger partial charge in [-0.15, -0.1) is 22.7 Å². The van der Waals surface area contributed by atoms with Crippen LogP contribution in [0.2, 0.25) is 0 Å². The summed E-state index contributed by atoms with van der Waals surface area (Å²) >= 11 is 3.63. The van der Waals surface area contributed by atoms with Gasteiger partial charge in [0.1, 0.15) is 11.6 Å². The highest BCUT2D eigenvalue weighted by Crippen LogP contribution is 2.51. The second kappa shape index (κ2) is 13.2. The Morgan fingerprint density at radius 3 is 1.19 bits per heavy atom. The Bertz CT molecular complexity index is 3790. The lowest BCUT2D eigenvalue weighted by molar-refractivity contribution is 0.630. The Labute approximate surface area is 362 Å². The Morgan fingerprint density at radius 2 is 0.742 bits per heavy atom. The van der Waals surface area contributed by atoms with Crippen LogP contribution >= 0.6 is 22.7 Å². The van der Waals surface area contributed by atoms with Gasteiger partial charge in [-0.2, -0.15) is 0 Å². The van der Waals surface area contributed by atoms with Gasteiger partial charge in [0.25, 0.3) is 0 Å². The largest absolute Gasteiger partial charge is 0.308 e. The molecule has 0 aliphatic heterocycles. The van der Waals surface area contributed by atoms with Crippen LogP contribution in [0.1, 0.15) is 11.1 Å². The highest BCUT2D eigenvalue weighted by molar-refractivity contribution is 7.27. The molecule has 0 aliphatic carbocycles. The van der Waals surface area contributed by atoms with Gasteiger partial charge in [0.15, 0.2) is 0 Å². The van der Waals surface area contributed by atoms with E-state index in [1.807, 2.05) is 53.9 Å². The summed E-state index contributed by atoms with van der Waals surface area (Å²) in [5, 5.41) is 9.49. The molecule has 2 nitrogen and oxygen atoms in total. The Balaban J connectivity index is 1.27. The average molecular weight is 837 g/mol. The number of halogens is 2. The van der Waals surface area contributed by atoms with Crippen LogP contribution in [0.4, 0.5) is 8.78 Å². The summed E-state index contributed by atoms with van der Waals surface area (Å²) in [5.41, 5.74) is 9.93. The number of hydrogen-bond donors (Lipinski definition) is 0. The number of aromatic nitrogens is 2. The maximum Gasteiger partial charge on any atom is 0.131 e. The molecule has 0 radical (unpaired) electrons. The first-order chi connectivity index (χ1) is 30.5. The molecule has 0 amide bonds. The average Bonchev–Trinajstić information content (AvgIpc) is 4.05. The molecule has 0 saturated heterocycles. The van der Waals surface area contributed by atoms with E-state index in [2.05, 4.69) is 137 Å². The van der Waals surface area contributed by atoms with E-state index in [9.17, 15) is 0 Å². The molecule has 0 saturated carbocycles. The third kappa shape index (κ3) is 4.76. The summed E-state index contributed by atoms with van der Waals surface area (Å²) in [4.78, 5) is 0. The third-order valence-electron chi connectivity index (χ3n) is 13.0. The van der Waals surface area contributed by atoms with Crippen molar-refractivity contribution in [3.63, 3.8) is 0 Å². The van der Waals surface area contributed by atoms with Crippen LogP contribution in [0.15, 0.2) is 170 Å². The van der Waals surface area contributed by atoms with Crippen molar-refractivity contribution in [3.05, 3.63) is 193 Å². The predicted octanol–water partition coefficient (Wildman–Crippen LogP) is 16.8. The summed E-state index contributed by atoms with van der Waals surface area (Å²) in [7, 11) is 0. The number of rotatable bonds is 4. The van der Waals surface area contributed by atoms with E-state index >= 15 is 8.78 Å². The standard InChI is InChI=1S/C56H34F2N2S2/c1-31-49(37-17-3-9-21-41(37)57)53(59-43-23-11-5-19-39(43)51-45(59)29-27-35-33-15-7-13-25-47(33)61-55(35)51)32(2)54(50(31)38-18-4-10-22-42(38)58)60-44-24-12-6-20-40(44)52-46(60)30-28-36-34-16-8-14-26-48(34)62-56(36)52/h3-30H,1-2H3. The molecule has 0 N–H and O–H groups in total. The highest BCUT2D eigenvalue weighted by atomic mass is 32.1. The molecule has 6 heteroatoms. The molecular weight excluding hydrogens is 803 g/mol. The number of para-hydroxylation sites is 2. The Hall–Kier alpha value is -7.12. The van der Waals surface area contributed by atoms with Crippen molar-refractivity contribution < 1.29 is 8.78 Å². The lowest BCUT2D eigenvalue weighted by Gasteiger charge is -2.27. The van der Waals surface area contributed by atoms with E-state index in [-0.39, 0.29) is 11.6 Å². The molecule has 0 unspecified atom stereocenters. The van der Waals surface area contributed by atoms with E-state index < -0.39 is 0 Å². The van der Waals surface area contributed by atoms with Crippen LogP contribution in [0, 0.1) is 25.5 Å². The van der Waals surface area contributed by atoms with Crippen LogP contribution in [0.3, 0.4) is 0 Å². The van der Waals surface area contributed by atoms with E-state index in [1.165, 1.54) is 63.2 Å². The summed E-state index contributed by atoms with van der Waals surface area (Å²) < 4.78 is 43.1. The molecule has 294 valence electrons. The first kappa shape index (κ1) is 35.6.